The zero-order chi connectivity index (χ0) is 21.0. The predicted molar refractivity (Wildman–Crippen MR) is 115 cm³/mol. The lowest BCUT2D eigenvalue weighted by Gasteiger charge is -2.11. The van der Waals surface area contributed by atoms with Crippen molar-refractivity contribution in [3.05, 3.63) is 81.6 Å². The monoisotopic (exact) mass is 410 g/mol. The van der Waals surface area contributed by atoms with Crippen LogP contribution in [-0.2, 0) is 13.7 Å². The molecule has 1 heterocycles. The molecule has 1 aromatic heterocycles. The highest BCUT2D eigenvalue weighted by molar-refractivity contribution is 6.30. The van der Waals surface area contributed by atoms with Gasteiger partial charge in [-0.1, -0.05) is 29.8 Å². The quantitative estimate of drug-likeness (QED) is 0.398. The summed E-state index contributed by atoms with van der Waals surface area (Å²) in [6, 6.07) is 12.9. The van der Waals surface area contributed by atoms with Gasteiger partial charge >= 0.3 is 0 Å². The summed E-state index contributed by atoms with van der Waals surface area (Å²) < 4.78 is 13.0. The van der Waals surface area contributed by atoms with Crippen molar-refractivity contribution in [2.45, 2.75) is 20.5 Å². The molecule has 150 valence electrons. The minimum Gasteiger partial charge on any atom is -0.496 e. The second kappa shape index (κ2) is 8.97. The molecule has 3 rings (SSSR count). The van der Waals surface area contributed by atoms with Crippen LogP contribution < -0.4 is 9.47 Å². The Balaban J connectivity index is 1.78. The van der Waals surface area contributed by atoms with Gasteiger partial charge in [0.2, 0.25) is 0 Å². The molecule has 5 nitrogen and oxygen atoms in total. The molecule has 0 amide bonds. The summed E-state index contributed by atoms with van der Waals surface area (Å²) >= 11 is 6.00. The van der Waals surface area contributed by atoms with Gasteiger partial charge in [-0.2, -0.15) is 5.10 Å². The predicted octanol–water partition coefficient (Wildman–Crippen LogP) is 5.17. The molecule has 0 aliphatic rings. The van der Waals surface area contributed by atoms with Crippen LogP contribution in [0, 0.1) is 13.8 Å². The van der Waals surface area contributed by atoms with Gasteiger partial charge in [-0.05, 0) is 55.8 Å². The number of nitrogens with zero attached hydrogens (tertiary/aromatic N) is 2. The molecule has 0 spiro atoms. The summed E-state index contributed by atoms with van der Waals surface area (Å²) in [5.41, 5.74) is 3.97. The van der Waals surface area contributed by atoms with E-state index in [0.717, 1.165) is 28.3 Å². The first-order chi connectivity index (χ1) is 13.9. The highest BCUT2D eigenvalue weighted by Gasteiger charge is 2.15. The smallest absolute Gasteiger partial charge is 0.189 e. The lowest BCUT2D eigenvalue weighted by molar-refractivity contribution is 0.104. The van der Waals surface area contributed by atoms with Crippen LogP contribution in [0.3, 0.4) is 0 Å². The summed E-state index contributed by atoms with van der Waals surface area (Å²) in [5.74, 6) is 1.33. The van der Waals surface area contributed by atoms with E-state index in [9.17, 15) is 4.79 Å². The van der Waals surface area contributed by atoms with E-state index in [2.05, 4.69) is 5.10 Å². The molecule has 29 heavy (non-hydrogen) atoms. The van der Waals surface area contributed by atoms with Crippen LogP contribution in [0.15, 0.2) is 48.5 Å². The molecule has 0 saturated carbocycles. The van der Waals surface area contributed by atoms with Crippen LogP contribution in [0.1, 0.15) is 32.9 Å². The normalized spacial score (nSPS) is 11.1. The van der Waals surface area contributed by atoms with Crippen molar-refractivity contribution in [3.63, 3.8) is 0 Å². The molecule has 0 aliphatic heterocycles. The van der Waals surface area contributed by atoms with Crippen LogP contribution in [0.4, 0.5) is 0 Å². The van der Waals surface area contributed by atoms with Crippen LogP contribution in [0.5, 0.6) is 11.5 Å². The number of aryl methyl sites for hydroxylation is 2. The lowest BCUT2D eigenvalue weighted by atomic mass is 10.1. The van der Waals surface area contributed by atoms with Gasteiger partial charge in [-0.15, -0.1) is 0 Å². The SMILES string of the molecule is COc1ccc(/C=C/C(=O)c2c(C)nn(C)c2C)cc1COc1cccc(Cl)c1. The first-order valence-electron chi connectivity index (χ1n) is 9.17. The maximum Gasteiger partial charge on any atom is 0.189 e. The number of benzene rings is 2. The average molecular weight is 411 g/mol. The number of aromatic nitrogens is 2. The third-order valence-corrected chi connectivity index (χ3v) is 4.91. The van der Waals surface area contributed by atoms with Gasteiger partial charge < -0.3 is 9.47 Å². The van der Waals surface area contributed by atoms with E-state index in [0.29, 0.717) is 22.9 Å². The molecular formula is C23H23ClN2O3. The van der Waals surface area contributed by atoms with E-state index in [-0.39, 0.29) is 5.78 Å². The van der Waals surface area contributed by atoms with Gasteiger partial charge in [0.15, 0.2) is 5.78 Å². The Hall–Kier alpha value is -3.05. The van der Waals surface area contributed by atoms with Crippen LogP contribution in [-0.4, -0.2) is 22.7 Å². The molecule has 0 fully saturated rings. The van der Waals surface area contributed by atoms with Crippen molar-refractivity contribution in [3.8, 4) is 11.5 Å². The summed E-state index contributed by atoms with van der Waals surface area (Å²) in [7, 11) is 3.45. The fraction of sp³-hybridized carbons (Fsp3) is 0.217. The zero-order valence-corrected chi connectivity index (χ0v) is 17.7. The van der Waals surface area contributed by atoms with E-state index >= 15 is 0 Å². The summed E-state index contributed by atoms with van der Waals surface area (Å²) in [5, 5.41) is 4.92. The molecule has 3 aromatic rings. The van der Waals surface area contributed by atoms with Gasteiger partial charge in [0, 0.05) is 23.3 Å². The second-order valence-electron chi connectivity index (χ2n) is 6.68. The summed E-state index contributed by atoms with van der Waals surface area (Å²) in [6.07, 6.45) is 3.36. The number of methoxy groups -OCH3 is 1. The molecule has 0 atom stereocenters. The summed E-state index contributed by atoms with van der Waals surface area (Å²) in [6.45, 7) is 4.05. The maximum atomic E-state index is 12.6. The maximum absolute atomic E-state index is 12.6. The molecule has 6 heteroatoms. The Bertz CT molecular complexity index is 1070. The first kappa shape index (κ1) is 20.7. The van der Waals surface area contributed by atoms with E-state index in [4.69, 9.17) is 21.1 Å². The average Bonchev–Trinajstić information content (AvgIpc) is 2.96. The molecule has 0 radical (unpaired) electrons. The number of carbonyl (C=O) groups is 1. The Morgan fingerprint density at radius 1 is 1.21 bits per heavy atom. The topological polar surface area (TPSA) is 53.3 Å². The van der Waals surface area contributed by atoms with Crippen molar-refractivity contribution in [2.24, 2.45) is 7.05 Å². The highest BCUT2D eigenvalue weighted by atomic mass is 35.5. The molecule has 0 unspecified atom stereocenters. The Kier molecular flexibility index (Phi) is 6.39. The minimum atomic E-state index is -0.0688. The van der Waals surface area contributed by atoms with Gasteiger partial charge in [0.25, 0.3) is 0 Å². The number of halogens is 1. The summed E-state index contributed by atoms with van der Waals surface area (Å²) in [4.78, 5) is 12.6. The highest BCUT2D eigenvalue weighted by Crippen LogP contribution is 2.24. The molecule has 0 bridgehead atoms. The van der Waals surface area contributed by atoms with Crippen molar-refractivity contribution < 1.29 is 14.3 Å². The van der Waals surface area contributed by atoms with E-state index in [1.807, 2.05) is 51.2 Å². The molecule has 2 aromatic carbocycles. The van der Waals surface area contributed by atoms with Crippen LogP contribution >= 0.6 is 11.6 Å². The van der Waals surface area contributed by atoms with E-state index < -0.39 is 0 Å². The van der Waals surface area contributed by atoms with Gasteiger partial charge in [-0.25, -0.2) is 0 Å². The molecule has 0 aliphatic carbocycles. The third kappa shape index (κ3) is 4.87. The number of ether oxygens (including phenoxy) is 2. The largest absolute Gasteiger partial charge is 0.496 e. The minimum absolute atomic E-state index is 0.0688. The van der Waals surface area contributed by atoms with Gasteiger partial charge in [0.1, 0.15) is 18.1 Å². The van der Waals surface area contributed by atoms with Crippen molar-refractivity contribution in [1.29, 1.82) is 0 Å². The number of carbonyl (C=O) groups excluding carboxylic acids is 1. The Morgan fingerprint density at radius 3 is 2.66 bits per heavy atom. The fourth-order valence-electron chi connectivity index (χ4n) is 3.12. The third-order valence-electron chi connectivity index (χ3n) is 4.68. The van der Waals surface area contributed by atoms with Crippen molar-refractivity contribution in [2.75, 3.05) is 7.11 Å². The number of rotatable bonds is 7. The molecular weight excluding hydrogens is 388 g/mol. The van der Waals surface area contributed by atoms with Gasteiger partial charge in [-0.3, -0.25) is 9.48 Å². The second-order valence-corrected chi connectivity index (χ2v) is 7.12. The lowest BCUT2D eigenvalue weighted by Crippen LogP contribution is -2.00. The van der Waals surface area contributed by atoms with Crippen molar-refractivity contribution >= 4 is 23.5 Å². The van der Waals surface area contributed by atoms with E-state index in [1.165, 1.54) is 0 Å². The van der Waals surface area contributed by atoms with E-state index in [1.54, 1.807) is 36.1 Å². The molecule has 0 saturated heterocycles. The van der Waals surface area contributed by atoms with Gasteiger partial charge in [0.05, 0.1) is 18.4 Å². The number of hydrogen-bond donors (Lipinski definition) is 0. The Labute approximate surface area is 175 Å². The van der Waals surface area contributed by atoms with Crippen LogP contribution in [0.2, 0.25) is 5.02 Å². The van der Waals surface area contributed by atoms with Crippen LogP contribution in [0.25, 0.3) is 6.08 Å². The Morgan fingerprint density at radius 2 is 2.00 bits per heavy atom. The molecule has 0 N–H and O–H groups in total. The number of ketones is 1. The number of hydrogen-bond acceptors (Lipinski definition) is 4. The zero-order valence-electron chi connectivity index (χ0n) is 16.9. The fourth-order valence-corrected chi connectivity index (χ4v) is 3.30. The standard InChI is InChI=1S/C23H23ClN2O3/c1-15-23(16(2)26(3)25-15)21(27)10-8-17-9-11-22(28-4)18(12-17)14-29-20-7-5-6-19(24)13-20/h5-13H,14H2,1-4H3/b10-8+. The first-order valence-corrected chi connectivity index (χ1v) is 9.54. The van der Waals surface area contributed by atoms with Crippen molar-refractivity contribution in [1.82, 2.24) is 9.78 Å². The number of allylic oxidation sites excluding steroid dienone is 1.